The third-order valence-electron chi connectivity index (χ3n) is 6.30. The predicted octanol–water partition coefficient (Wildman–Crippen LogP) is 4.24. The Morgan fingerprint density at radius 2 is 1.93 bits per heavy atom. The third kappa shape index (κ3) is 4.29. The molecule has 2 aromatic rings. The number of anilines is 1. The largest absolute Gasteiger partial charge is 0.356 e. The Morgan fingerprint density at radius 3 is 2.72 bits per heavy atom. The molecule has 1 aromatic heterocycles. The van der Waals surface area contributed by atoms with Gasteiger partial charge in [-0.25, -0.2) is 9.97 Å². The van der Waals surface area contributed by atoms with Crippen molar-refractivity contribution in [3.63, 3.8) is 0 Å². The number of hydrogen-bond donors (Lipinski definition) is 0. The molecule has 1 aromatic carbocycles. The zero-order chi connectivity index (χ0) is 20.2. The molecule has 3 heterocycles. The van der Waals surface area contributed by atoms with Gasteiger partial charge < -0.3 is 9.80 Å². The lowest BCUT2D eigenvalue weighted by Crippen LogP contribution is -2.40. The lowest BCUT2D eigenvalue weighted by atomic mass is 9.99. The van der Waals surface area contributed by atoms with Gasteiger partial charge in [-0.15, -0.1) is 0 Å². The van der Waals surface area contributed by atoms with E-state index in [4.69, 9.17) is 9.97 Å². The molecule has 5 heteroatoms. The van der Waals surface area contributed by atoms with Crippen molar-refractivity contribution in [2.24, 2.45) is 0 Å². The topological polar surface area (TPSA) is 49.3 Å². The average Bonchev–Trinajstić information content (AvgIpc) is 2.78. The second-order valence-corrected chi connectivity index (χ2v) is 8.25. The standard InChI is InChI=1S/C24H32N4O/c1-3-22(29)28-16-8-7-13-21(28)23-25-18(2)20-12-9-15-27(24(20)26-23)17-14-19-10-5-4-6-11-19/h4-6,10-11,21H,3,7-9,12-17H2,1-2H3/t21-/m1/s1. The normalized spacial score (nSPS) is 19.2. The Morgan fingerprint density at radius 1 is 1.10 bits per heavy atom. The number of rotatable bonds is 5. The predicted molar refractivity (Wildman–Crippen MR) is 116 cm³/mol. The molecule has 1 atom stereocenters. The fraction of sp³-hybridized carbons (Fsp3) is 0.542. The van der Waals surface area contributed by atoms with Crippen molar-refractivity contribution in [1.29, 1.82) is 0 Å². The van der Waals surface area contributed by atoms with Crippen LogP contribution in [0.15, 0.2) is 30.3 Å². The van der Waals surface area contributed by atoms with E-state index in [1.165, 1.54) is 11.1 Å². The quantitative estimate of drug-likeness (QED) is 0.763. The summed E-state index contributed by atoms with van der Waals surface area (Å²) in [6.45, 7) is 6.89. The van der Waals surface area contributed by atoms with Gasteiger partial charge in [0.05, 0.1) is 6.04 Å². The molecule has 154 valence electrons. The van der Waals surface area contributed by atoms with Gasteiger partial charge in [0.15, 0.2) is 5.82 Å². The molecule has 2 aliphatic rings. The van der Waals surface area contributed by atoms with Crippen LogP contribution in [-0.2, 0) is 17.6 Å². The fourth-order valence-corrected chi connectivity index (χ4v) is 4.69. The Kier molecular flexibility index (Phi) is 6.12. The molecule has 0 aliphatic carbocycles. The molecule has 1 amide bonds. The number of likely N-dealkylation sites (tertiary alicyclic amines) is 1. The van der Waals surface area contributed by atoms with Crippen LogP contribution >= 0.6 is 0 Å². The van der Waals surface area contributed by atoms with Crippen LogP contribution in [0, 0.1) is 6.92 Å². The lowest BCUT2D eigenvalue weighted by Gasteiger charge is -2.36. The number of piperidine rings is 1. The molecule has 4 rings (SSSR count). The molecule has 1 fully saturated rings. The van der Waals surface area contributed by atoms with Gasteiger partial charge in [0, 0.05) is 37.3 Å². The first kappa shape index (κ1) is 19.9. The molecule has 29 heavy (non-hydrogen) atoms. The fourth-order valence-electron chi connectivity index (χ4n) is 4.69. The van der Waals surface area contributed by atoms with Gasteiger partial charge in [-0.05, 0) is 51.0 Å². The van der Waals surface area contributed by atoms with Crippen LogP contribution in [-0.4, -0.2) is 40.4 Å². The summed E-state index contributed by atoms with van der Waals surface area (Å²) in [5.74, 6) is 2.16. The maximum absolute atomic E-state index is 12.5. The highest BCUT2D eigenvalue weighted by Gasteiger charge is 2.31. The molecule has 0 bridgehead atoms. The molecular weight excluding hydrogens is 360 g/mol. The Labute approximate surface area is 174 Å². The second-order valence-electron chi connectivity index (χ2n) is 8.25. The van der Waals surface area contributed by atoms with Crippen molar-refractivity contribution < 1.29 is 4.79 Å². The number of benzene rings is 1. The van der Waals surface area contributed by atoms with Gasteiger partial charge in [-0.1, -0.05) is 37.3 Å². The maximum Gasteiger partial charge on any atom is 0.222 e. The van der Waals surface area contributed by atoms with Gasteiger partial charge >= 0.3 is 0 Å². The Bertz CT molecular complexity index is 851. The minimum Gasteiger partial charge on any atom is -0.356 e. The summed E-state index contributed by atoms with van der Waals surface area (Å²) in [6.07, 6.45) is 6.94. The number of aryl methyl sites for hydroxylation is 1. The SMILES string of the molecule is CCC(=O)N1CCCC[C@@H]1c1nc(C)c2c(n1)N(CCc1ccccc1)CCC2. The molecule has 0 N–H and O–H groups in total. The van der Waals surface area contributed by atoms with E-state index in [-0.39, 0.29) is 11.9 Å². The third-order valence-corrected chi connectivity index (χ3v) is 6.30. The number of fused-ring (bicyclic) bond motifs is 1. The van der Waals surface area contributed by atoms with Crippen molar-refractivity contribution in [3.05, 3.63) is 53.0 Å². The van der Waals surface area contributed by atoms with Crippen LogP contribution < -0.4 is 4.90 Å². The van der Waals surface area contributed by atoms with Crippen LogP contribution in [0.2, 0.25) is 0 Å². The highest BCUT2D eigenvalue weighted by molar-refractivity contribution is 5.76. The number of hydrogen-bond acceptors (Lipinski definition) is 4. The van der Waals surface area contributed by atoms with Gasteiger partial charge in [0.1, 0.15) is 5.82 Å². The smallest absolute Gasteiger partial charge is 0.222 e. The van der Waals surface area contributed by atoms with Crippen molar-refractivity contribution in [2.75, 3.05) is 24.5 Å². The van der Waals surface area contributed by atoms with Crippen LogP contribution in [0.1, 0.15) is 67.7 Å². The zero-order valence-corrected chi connectivity index (χ0v) is 17.7. The van der Waals surface area contributed by atoms with Crippen LogP contribution in [0.5, 0.6) is 0 Å². The summed E-state index contributed by atoms with van der Waals surface area (Å²) in [5, 5.41) is 0. The van der Waals surface area contributed by atoms with Gasteiger partial charge in [-0.2, -0.15) is 0 Å². The van der Waals surface area contributed by atoms with E-state index in [1.54, 1.807) is 0 Å². The monoisotopic (exact) mass is 392 g/mol. The minimum atomic E-state index is 0.0260. The molecule has 5 nitrogen and oxygen atoms in total. The molecule has 2 aliphatic heterocycles. The first-order valence-electron chi connectivity index (χ1n) is 11.1. The number of nitrogens with zero attached hydrogens (tertiary/aromatic N) is 4. The minimum absolute atomic E-state index is 0.0260. The molecule has 1 saturated heterocycles. The first-order valence-corrected chi connectivity index (χ1v) is 11.1. The van der Waals surface area contributed by atoms with Crippen molar-refractivity contribution in [2.45, 2.75) is 64.8 Å². The lowest BCUT2D eigenvalue weighted by molar-refractivity contribution is -0.134. The van der Waals surface area contributed by atoms with E-state index in [0.717, 1.165) is 75.5 Å². The molecule has 0 radical (unpaired) electrons. The second kappa shape index (κ2) is 8.93. The summed E-state index contributed by atoms with van der Waals surface area (Å²) in [6, 6.07) is 10.7. The van der Waals surface area contributed by atoms with Crippen LogP contribution in [0.3, 0.4) is 0 Å². The molecule has 0 spiro atoms. The summed E-state index contributed by atoms with van der Waals surface area (Å²) >= 11 is 0. The number of amides is 1. The number of aromatic nitrogens is 2. The summed E-state index contributed by atoms with van der Waals surface area (Å²) in [7, 11) is 0. The van der Waals surface area contributed by atoms with E-state index in [2.05, 4.69) is 42.2 Å². The Hall–Kier alpha value is -2.43. The van der Waals surface area contributed by atoms with Gasteiger partial charge in [0.25, 0.3) is 0 Å². The summed E-state index contributed by atoms with van der Waals surface area (Å²) in [4.78, 5) is 26.9. The van der Waals surface area contributed by atoms with Crippen molar-refractivity contribution in [3.8, 4) is 0 Å². The van der Waals surface area contributed by atoms with Crippen LogP contribution in [0.25, 0.3) is 0 Å². The highest BCUT2D eigenvalue weighted by Crippen LogP contribution is 2.34. The maximum atomic E-state index is 12.5. The molecule has 0 saturated carbocycles. The van der Waals surface area contributed by atoms with Crippen LogP contribution in [0.4, 0.5) is 5.82 Å². The molecular formula is C24H32N4O. The van der Waals surface area contributed by atoms with E-state index in [1.807, 2.05) is 11.8 Å². The van der Waals surface area contributed by atoms with Gasteiger partial charge in [0.2, 0.25) is 5.91 Å². The molecule has 0 unspecified atom stereocenters. The average molecular weight is 393 g/mol. The number of carbonyl (C=O) groups excluding carboxylic acids is 1. The zero-order valence-electron chi connectivity index (χ0n) is 17.7. The summed E-state index contributed by atoms with van der Waals surface area (Å²) in [5.41, 5.74) is 3.73. The summed E-state index contributed by atoms with van der Waals surface area (Å²) < 4.78 is 0. The highest BCUT2D eigenvalue weighted by atomic mass is 16.2. The van der Waals surface area contributed by atoms with E-state index in [0.29, 0.717) is 6.42 Å². The van der Waals surface area contributed by atoms with E-state index >= 15 is 0 Å². The van der Waals surface area contributed by atoms with E-state index in [9.17, 15) is 4.79 Å². The van der Waals surface area contributed by atoms with E-state index < -0.39 is 0 Å². The van der Waals surface area contributed by atoms with Crippen molar-refractivity contribution in [1.82, 2.24) is 14.9 Å². The Balaban J connectivity index is 1.61. The number of carbonyl (C=O) groups is 1. The first-order chi connectivity index (χ1) is 14.2. The van der Waals surface area contributed by atoms with Crippen molar-refractivity contribution >= 4 is 11.7 Å². The van der Waals surface area contributed by atoms with Gasteiger partial charge in [-0.3, -0.25) is 4.79 Å².